The van der Waals surface area contributed by atoms with Crippen molar-refractivity contribution >= 4 is 39.9 Å². The van der Waals surface area contributed by atoms with Crippen molar-refractivity contribution in [3.05, 3.63) is 45.4 Å². The maximum atomic E-state index is 5.99. The van der Waals surface area contributed by atoms with Crippen LogP contribution in [0, 0.1) is 0 Å². The zero-order chi connectivity index (χ0) is 10.7. The molecule has 0 aromatic heterocycles. The summed E-state index contributed by atoms with van der Waals surface area (Å²) in [7, 11) is 0. The molecule has 15 heavy (non-hydrogen) atoms. The molecule has 0 saturated carbocycles. The van der Waals surface area contributed by atoms with Crippen LogP contribution in [0.4, 0.5) is 0 Å². The highest BCUT2D eigenvalue weighted by atomic mass is 79.9. The third kappa shape index (κ3) is 4.56. The molecule has 0 heterocycles. The molecule has 0 aliphatic carbocycles. The van der Waals surface area contributed by atoms with Crippen molar-refractivity contribution in [2.45, 2.75) is 19.4 Å². The van der Waals surface area contributed by atoms with Gasteiger partial charge in [0.1, 0.15) is 0 Å². The molecule has 0 bridgehead atoms. The molecule has 0 spiro atoms. The van der Waals surface area contributed by atoms with E-state index in [-0.39, 0.29) is 18.4 Å². The molecule has 2 N–H and O–H groups in total. The number of benzene rings is 1. The highest BCUT2D eigenvalue weighted by Crippen LogP contribution is 2.27. The third-order valence-corrected chi connectivity index (χ3v) is 3.15. The monoisotopic (exact) mass is 309 g/mol. The van der Waals surface area contributed by atoms with Gasteiger partial charge in [-0.25, -0.2) is 0 Å². The fourth-order valence-corrected chi connectivity index (χ4v) is 1.75. The van der Waals surface area contributed by atoms with E-state index < -0.39 is 0 Å². The number of rotatable bonds is 3. The fraction of sp³-hybridized carbons (Fsp3) is 0.273. The number of nitrogens with two attached hydrogens (primary N) is 1. The predicted octanol–water partition coefficient (Wildman–Crippen LogP) is 4.49. The maximum Gasteiger partial charge on any atom is 0.0548 e. The van der Waals surface area contributed by atoms with E-state index in [4.69, 9.17) is 17.3 Å². The van der Waals surface area contributed by atoms with Crippen LogP contribution in [0.2, 0.25) is 5.02 Å². The molecular weight excluding hydrogens is 297 g/mol. The van der Waals surface area contributed by atoms with Gasteiger partial charge in [-0.15, -0.1) is 19.0 Å². The molecule has 0 aliphatic heterocycles. The molecule has 1 rings (SSSR count). The van der Waals surface area contributed by atoms with Crippen molar-refractivity contribution in [3.8, 4) is 0 Å². The van der Waals surface area contributed by atoms with E-state index in [0.29, 0.717) is 5.02 Å². The van der Waals surface area contributed by atoms with Crippen molar-refractivity contribution in [1.29, 1.82) is 0 Å². The molecule has 1 nitrogen and oxygen atoms in total. The largest absolute Gasteiger partial charge is 0.324 e. The SMILES string of the molecule is C=C(C)C[C@@H](N)c1ccc(Cl)c(Br)c1.Cl. The van der Waals surface area contributed by atoms with Crippen molar-refractivity contribution in [2.24, 2.45) is 5.73 Å². The van der Waals surface area contributed by atoms with Gasteiger partial charge in [0, 0.05) is 10.5 Å². The van der Waals surface area contributed by atoms with Crippen LogP contribution in [0.15, 0.2) is 34.8 Å². The van der Waals surface area contributed by atoms with E-state index in [0.717, 1.165) is 22.0 Å². The quantitative estimate of drug-likeness (QED) is 0.818. The Kier molecular flexibility index (Phi) is 6.53. The lowest BCUT2D eigenvalue weighted by Crippen LogP contribution is -2.10. The van der Waals surface area contributed by atoms with Crippen LogP contribution in [0.5, 0.6) is 0 Å². The summed E-state index contributed by atoms with van der Waals surface area (Å²) in [6.07, 6.45) is 0.800. The van der Waals surface area contributed by atoms with Crippen LogP contribution in [-0.4, -0.2) is 0 Å². The minimum atomic E-state index is 0. The summed E-state index contributed by atoms with van der Waals surface area (Å²) in [4.78, 5) is 0. The summed E-state index contributed by atoms with van der Waals surface area (Å²) in [6.45, 7) is 5.82. The predicted molar refractivity (Wildman–Crippen MR) is 72.8 cm³/mol. The number of halogens is 3. The van der Waals surface area contributed by atoms with Crippen molar-refractivity contribution in [2.75, 3.05) is 0 Å². The second-order valence-electron chi connectivity index (χ2n) is 3.44. The average molecular weight is 311 g/mol. The van der Waals surface area contributed by atoms with Gasteiger partial charge in [-0.3, -0.25) is 0 Å². The minimum absolute atomic E-state index is 0. The summed E-state index contributed by atoms with van der Waals surface area (Å²) in [5.74, 6) is 0. The van der Waals surface area contributed by atoms with Gasteiger partial charge in [0.15, 0.2) is 0 Å². The highest BCUT2D eigenvalue weighted by Gasteiger charge is 2.07. The summed E-state index contributed by atoms with van der Waals surface area (Å²) in [5, 5.41) is 0.705. The van der Waals surface area contributed by atoms with Crippen molar-refractivity contribution in [1.82, 2.24) is 0 Å². The first-order valence-corrected chi connectivity index (χ1v) is 5.52. The molecule has 1 atom stereocenters. The molecule has 0 unspecified atom stereocenters. The maximum absolute atomic E-state index is 5.99. The van der Waals surface area contributed by atoms with Gasteiger partial charge in [-0.2, -0.15) is 0 Å². The smallest absolute Gasteiger partial charge is 0.0548 e. The van der Waals surface area contributed by atoms with Crippen molar-refractivity contribution in [3.63, 3.8) is 0 Å². The standard InChI is InChI=1S/C11H13BrClN.ClH/c1-7(2)5-11(14)8-3-4-10(13)9(12)6-8;/h3-4,6,11H,1,5,14H2,2H3;1H/t11-;/m1./s1. The Morgan fingerprint density at radius 1 is 1.60 bits per heavy atom. The Morgan fingerprint density at radius 2 is 2.20 bits per heavy atom. The highest BCUT2D eigenvalue weighted by molar-refractivity contribution is 9.10. The van der Waals surface area contributed by atoms with E-state index in [2.05, 4.69) is 22.5 Å². The van der Waals surface area contributed by atoms with Crippen LogP contribution in [-0.2, 0) is 0 Å². The molecular formula is C11H14BrCl2N. The Labute approximate surface area is 110 Å². The first-order valence-electron chi connectivity index (χ1n) is 4.35. The van der Waals surface area contributed by atoms with Gasteiger partial charge in [-0.05, 0) is 47.0 Å². The van der Waals surface area contributed by atoms with E-state index in [1.165, 1.54) is 0 Å². The van der Waals surface area contributed by atoms with Gasteiger partial charge in [-0.1, -0.05) is 23.2 Å². The van der Waals surface area contributed by atoms with Gasteiger partial charge < -0.3 is 5.73 Å². The summed E-state index contributed by atoms with van der Waals surface area (Å²) < 4.78 is 0.883. The molecule has 84 valence electrons. The van der Waals surface area contributed by atoms with Crippen LogP contribution < -0.4 is 5.73 Å². The average Bonchev–Trinajstić information content (AvgIpc) is 2.08. The summed E-state index contributed by atoms with van der Waals surface area (Å²) >= 11 is 9.26. The Bertz CT molecular complexity index is 352. The Hall–Kier alpha value is -0.0200. The fourth-order valence-electron chi connectivity index (χ4n) is 1.24. The summed E-state index contributed by atoms with van der Waals surface area (Å²) in [5.41, 5.74) is 8.15. The van der Waals surface area contributed by atoms with E-state index in [9.17, 15) is 0 Å². The van der Waals surface area contributed by atoms with Gasteiger partial charge in [0.25, 0.3) is 0 Å². The van der Waals surface area contributed by atoms with Crippen molar-refractivity contribution < 1.29 is 0 Å². The lowest BCUT2D eigenvalue weighted by atomic mass is 10.0. The Morgan fingerprint density at radius 3 is 2.67 bits per heavy atom. The lowest BCUT2D eigenvalue weighted by Gasteiger charge is -2.12. The van der Waals surface area contributed by atoms with E-state index >= 15 is 0 Å². The van der Waals surface area contributed by atoms with Gasteiger partial charge >= 0.3 is 0 Å². The molecule has 0 radical (unpaired) electrons. The normalized spacial score (nSPS) is 11.7. The summed E-state index contributed by atoms with van der Waals surface area (Å²) in [6, 6.07) is 5.75. The first-order chi connectivity index (χ1) is 6.50. The zero-order valence-corrected chi connectivity index (χ0v) is 11.6. The number of hydrogen-bond donors (Lipinski definition) is 1. The second-order valence-corrected chi connectivity index (χ2v) is 4.70. The zero-order valence-electron chi connectivity index (χ0n) is 8.47. The molecule has 0 saturated heterocycles. The molecule has 4 heteroatoms. The molecule has 0 aliphatic rings. The third-order valence-electron chi connectivity index (χ3n) is 1.94. The minimum Gasteiger partial charge on any atom is -0.324 e. The van der Waals surface area contributed by atoms with Crippen LogP contribution in [0.25, 0.3) is 0 Å². The first kappa shape index (κ1) is 15.0. The number of hydrogen-bond acceptors (Lipinski definition) is 1. The topological polar surface area (TPSA) is 26.0 Å². The molecule has 0 amide bonds. The second kappa shape index (κ2) is 6.54. The molecule has 0 fully saturated rings. The van der Waals surface area contributed by atoms with Crippen LogP contribution in [0.1, 0.15) is 24.9 Å². The Balaban J connectivity index is 0.00000196. The van der Waals surface area contributed by atoms with Crippen LogP contribution >= 0.6 is 39.9 Å². The van der Waals surface area contributed by atoms with E-state index in [1.807, 2.05) is 25.1 Å². The van der Waals surface area contributed by atoms with E-state index in [1.54, 1.807) is 0 Å². The van der Waals surface area contributed by atoms with Gasteiger partial charge in [0.05, 0.1) is 5.02 Å². The molecule has 1 aromatic carbocycles. The molecule has 1 aromatic rings. The lowest BCUT2D eigenvalue weighted by molar-refractivity contribution is 0.717. The van der Waals surface area contributed by atoms with Gasteiger partial charge in [0.2, 0.25) is 0 Å². The van der Waals surface area contributed by atoms with Crippen LogP contribution in [0.3, 0.4) is 0 Å².